The monoisotopic (exact) mass is 651 g/mol. The fraction of sp³-hybridized carbons (Fsp3) is 0.231. The molecule has 0 fully saturated rings. The van der Waals surface area contributed by atoms with E-state index in [0.717, 1.165) is 11.4 Å². The minimum atomic E-state index is -1.36. The molecule has 0 saturated carbocycles. The van der Waals surface area contributed by atoms with Crippen LogP contribution in [0.2, 0.25) is 0 Å². The first kappa shape index (κ1) is 27.7. The Bertz CT molecular complexity index is 1110. The second-order valence-corrected chi connectivity index (χ2v) is 8.06. The molecular weight excluding hydrogens is 625 g/mol. The van der Waals surface area contributed by atoms with Gasteiger partial charge in [0, 0.05) is 12.4 Å². The van der Waals surface area contributed by atoms with E-state index in [1.807, 2.05) is 12.1 Å². The fourth-order valence-corrected chi connectivity index (χ4v) is 4.01. The van der Waals surface area contributed by atoms with Crippen molar-refractivity contribution in [1.82, 2.24) is 10.6 Å². The number of rotatable bonds is 4. The molecule has 0 aromatic heterocycles. The van der Waals surface area contributed by atoms with Crippen molar-refractivity contribution in [3.8, 4) is 0 Å². The van der Waals surface area contributed by atoms with E-state index in [2.05, 4.69) is 20.6 Å². The van der Waals surface area contributed by atoms with Gasteiger partial charge in [0.15, 0.2) is 0 Å². The Morgan fingerprint density at radius 3 is 1.23 bits per heavy atom. The van der Waals surface area contributed by atoms with Crippen molar-refractivity contribution < 1.29 is 39.9 Å². The Kier molecular flexibility index (Phi) is 8.90. The standard InChI is InChI=1S/2C13H14N2O2.Ir/c2*1-9-8-14-13(12(16)17,10(2)15-9)11-6-4-3-5-7-11;/h2*3-8,14H,1-2H3,(H,16,17);/q;;+3/p-2. The Labute approximate surface area is 217 Å². The number of aliphatic carboxylic acids is 2. The SMILES string of the molecule is CC1=CNC(C(=O)[O-])(c2ccccc2)C(C)=N1.CC1=CNC(C(=O)[O-])(c2ccccc2)C(C)=N1.[Ir+3]. The van der Waals surface area contributed by atoms with Gasteiger partial charge in [0.25, 0.3) is 0 Å². The molecule has 182 valence electrons. The number of carboxylic acids is 2. The van der Waals surface area contributed by atoms with Gasteiger partial charge in [-0.2, -0.15) is 0 Å². The summed E-state index contributed by atoms with van der Waals surface area (Å²) in [7, 11) is 0. The van der Waals surface area contributed by atoms with Gasteiger partial charge in [0.2, 0.25) is 0 Å². The zero-order chi connectivity index (χ0) is 24.9. The Hall–Kier alpha value is -3.55. The van der Waals surface area contributed by atoms with Gasteiger partial charge >= 0.3 is 20.1 Å². The van der Waals surface area contributed by atoms with Gasteiger partial charge in [0.1, 0.15) is 11.1 Å². The summed E-state index contributed by atoms with van der Waals surface area (Å²) in [6, 6.07) is 17.8. The predicted octanol–water partition coefficient (Wildman–Crippen LogP) is 1.11. The quantitative estimate of drug-likeness (QED) is 0.511. The molecule has 9 heteroatoms. The third kappa shape index (κ3) is 5.26. The maximum absolute atomic E-state index is 11.5. The number of nitrogens with one attached hydrogen (secondary N) is 2. The molecule has 35 heavy (non-hydrogen) atoms. The van der Waals surface area contributed by atoms with Crippen molar-refractivity contribution in [2.45, 2.75) is 38.8 Å². The summed E-state index contributed by atoms with van der Waals surface area (Å²) in [5.41, 5.74) is 0.953. The van der Waals surface area contributed by atoms with Crippen molar-refractivity contribution in [2.75, 3.05) is 0 Å². The molecule has 2 heterocycles. The molecule has 2 aliphatic heterocycles. The molecule has 0 aliphatic carbocycles. The zero-order valence-corrected chi connectivity index (χ0v) is 22.2. The molecule has 0 amide bonds. The summed E-state index contributed by atoms with van der Waals surface area (Å²) < 4.78 is 0. The van der Waals surface area contributed by atoms with Crippen LogP contribution in [-0.2, 0) is 40.8 Å². The van der Waals surface area contributed by atoms with Crippen LogP contribution in [0.5, 0.6) is 0 Å². The van der Waals surface area contributed by atoms with E-state index in [9.17, 15) is 19.8 Å². The van der Waals surface area contributed by atoms with E-state index in [-0.39, 0.29) is 20.1 Å². The summed E-state index contributed by atoms with van der Waals surface area (Å²) in [5, 5.41) is 28.8. The van der Waals surface area contributed by atoms with E-state index >= 15 is 0 Å². The van der Waals surface area contributed by atoms with Crippen LogP contribution >= 0.6 is 0 Å². The maximum Gasteiger partial charge on any atom is 3.00 e. The van der Waals surface area contributed by atoms with Crippen LogP contribution in [0.1, 0.15) is 38.8 Å². The molecule has 2 N–H and O–H groups in total. The van der Waals surface area contributed by atoms with E-state index in [4.69, 9.17) is 0 Å². The second-order valence-electron chi connectivity index (χ2n) is 8.06. The molecule has 0 saturated heterocycles. The van der Waals surface area contributed by atoms with Crippen molar-refractivity contribution in [1.29, 1.82) is 0 Å². The normalized spacial score (nSPS) is 22.7. The zero-order valence-electron chi connectivity index (χ0n) is 19.8. The fourth-order valence-electron chi connectivity index (χ4n) is 4.01. The molecule has 2 atom stereocenters. The number of hydrogen-bond donors (Lipinski definition) is 2. The molecule has 2 unspecified atom stereocenters. The molecule has 0 radical (unpaired) electrons. The van der Waals surface area contributed by atoms with Crippen LogP contribution in [0.3, 0.4) is 0 Å². The number of benzene rings is 2. The van der Waals surface area contributed by atoms with E-state index in [1.165, 1.54) is 0 Å². The number of carbonyl (C=O) groups excluding carboxylic acids is 2. The smallest absolute Gasteiger partial charge is 0.547 e. The topological polar surface area (TPSA) is 129 Å². The van der Waals surface area contributed by atoms with Crippen molar-refractivity contribution in [3.63, 3.8) is 0 Å². The molecular formula is C26H26IrN4O4+. The van der Waals surface area contributed by atoms with Crippen LogP contribution in [-0.4, -0.2) is 23.4 Å². The Morgan fingerprint density at radius 2 is 0.971 bits per heavy atom. The van der Waals surface area contributed by atoms with Crippen molar-refractivity contribution in [2.24, 2.45) is 9.98 Å². The van der Waals surface area contributed by atoms with Gasteiger partial charge in [-0.3, -0.25) is 9.98 Å². The largest absolute Gasteiger partial charge is 3.00 e. The van der Waals surface area contributed by atoms with Gasteiger partial charge in [0.05, 0.1) is 34.8 Å². The minimum Gasteiger partial charge on any atom is -0.547 e. The summed E-state index contributed by atoms with van der Waals surface area (Å²) >= 11 is 0. The number of carbonyl (C=O) groups is 2. The summed E-state index contributed by atoms with van der Waals surface area (Å²) in [5.74, 6) is -2.40. The summed E-state index contributed by atoms with van der Waals surface area (Å²) in [6.07, 6.45) is 3.19. The molecule has 8 nitrogen and oxygen atoms in total. The second kappa shape index (κ2) is 11.3. The molecule has 0 bridgehead atoms. The maximum atomic E-state index is 11.5. The third-order valence-electron chi connectivity index (χ3n) is 5.79. The first-order valence-electron chi connectivity index (χ1n) is 10.7. The van der Waals surface area contributed by atoms with Crippen molar-refractivity contribution >= 4 is 23.4 Å². The number of aliphatic imine (C=N–C) groups is 2. The van der Waals surface area contributed by atoms with Crippen LogP contribution in [0, 0.1) is 0 Å². The number of nitrogens with zero attached hydrogens (tertiary/aromatic N) is 2. The van der Waals surface area contributed by atoms with Crippen LogP contribution in [0.25, 0.3) is 0 Å². The first-order valence-corrected chi connectivity index (χ1v) is 10.7. The van der Waals surface area contributed by atoms with Crippen LogP contribution in [0.4, 0.5) is 0 Å². The van der Waals surface area contributed by atoms with Gasteiger partial charge in [-0.1, -0.05) is 60.7 Å². The number of allylic oxidation sites excluding steroid dienone is 2. The Balaban J connectivity index is 0.000000240. The molecule has 2 aliphatic rings. The average Bonchev–Trinajstić information content (AvgIpc) is 2.81. The molecule has 4 rings (SSSR count). The van der Waals surface area contributed by atoms with E-state index in [0.29, 0.717) is 22.6 Å². The van der Waals surface area contributed by atoms with Gasteiger partial charge in [-0.15, -0.1) is 0 Å². The van der Waals surface area contributed by atoms with Crippen molar-refractivity contribution in [3.05, 3.63) is 95.6 Å². The summed E-state index contributed by atoms with van der Waals surface area (Å²) in [6.45, 7) is 6.99. The molecule has 0 spiro atoms. The molecule has 2 aromatic rings. The number of hydrogen-bond acceptors (Lipinski definition) is 8. The van der Waals surface area contributed by atoms with E-state index < -0.39 is 23.0 Å². The predicted molar refractivity (Wildman–Crippen MR) is 126 cm³/mol. The van der Waals surface area contributed by atoms with Crippen LogP contribution < -0.4 is 20.8 Å². The van der Waals surface area contributed by atoms with Crippen LogP contribution in [0.15, 0.2) is 94.4 Å². The number of carboxylic acid groups (broad SMARTS) is 2. The van der Waals surface area contributed by atoms with Gasteiger partial charge in [-0.25, -0.2) is 0 Å². The third-order valence-corrected chi connectivity index (χ3v) is 5.79. The van der Waals surface area contributed by atoms with E-state index in [1.54, 1.807) is 88.6 Å². The Morgan fingerprint density at radius 1 is 0.657 bits per heavy atom. The van der Waals surface area contributed by atoms with Gasteiger partial charge in [-0.05, 0) is 38.8 Å². The summed E-state index contributed by atoms with van der Waals surface area (Å²) in [4.78, 5) is 31.5. The molecule has 2 aromatic carbocycles. The van der Waals surface area contributed by atoms with Gasteiger partial charge < -0.3 is 30.4 Å². The average molecular weight is 651 g/mol. The minimum absolute atomic E-state index is 0. The first-order chi connectivity index (χ1) is 16.1.